The largest absolute Gasteiger partial charge is 0.351 e. The van der Waals surface area contributed by atoms with Crippen molar-refractivity contribution in [3.8, 4) is 0 Å². The molecule has 1 aliphatic carbocycles. The van der Waals surface area contributed by atoms with E-state index in [0.717, 1.165) is 43.2 Å². The molecule has 3 atom stereocenters. The van der Waals surface area contributed by atoms with Crippen LogP contribution in [0, 0.1) is 12.8 Å². The van der Waals surface area contributed by atoms with E-state index in [1.807, 2.05) is 73.3 Å². The molecule has 2 aromatic rings. The van der Waals surface area contributed by atoms with Gasteiger partial charge >= 0.3 is 0 Å². The molecule has 6 heteroatoms. The Morgan fingerprint density at radius 2 is 1.47 bits per heavy atom. The van der Waals surface area contributed by atoms with Gasteiger partial charge in [-0.05, 0) is 56.2 Å². The predicted molar refractivity (Wildman–Crippen MR) is 142 cm³/mol. The van der Waals surface area contributed by atoms with Gasteiger partial charge in [0, 0.05) is 36.7 Å². The van der Waals surface area contributed by atoms with Gasteiger partial charge in [0.15, 0.2) is 0 Å². The van der Waals surface area contributed by atoms with E-state index in [-0.39, 0.29) is 41.6 Å². The Kier molecular flexibility index (Phi) is 8.79. The summed E-state index contributed by atoms with van der Waals surface area (Å²) in [6, 6.07) is 17.4. The molecule has 192 valence electrons. The zero-order valence-corrected chi connectivity index (χ0v) is 21.5. The SMILES string of the molecule is CCC(C(=O)N1CCC(C(=O)N[C@@H]2CCCC[C@H]2NC(=O)c2ccccc2C)CC1)c1ccccc1. The Morgan fingerprint density at radius 3 is 2.11 bits per heavy atom. The number of hydrogen-bond acceptors (Lipinski definition) is 3. The summed E-state index contributed by atoms with van der Waals surface area (Å²) in [4.78, 5) is 41.2. The first-order chi connectivity index (χ1) is 17.5. The highest BCUT2D eigenvalue weighted by atomic mass is 16.2. The zero-order valence-electron chi connectivity index (χ0n) is 21.5. The van der Waals surface area contributed by atoms with Crippen LogP contribution in [0.25, 0.3) is 0 Å². The average molecular weight is 490 g/mol. The first kappa shape index (κ1) is 25.9. The van der Waals surface area contributed by atoms with E-state index < -0.39 is 0 Å². The first-order valence-electron chi connectivity index (χ1n) is 13.5. The third-order valence-corrected chi connectivity index (χ3v) is 7.89. The summed E-state index contributed by atoms with van der Waals surface area (Å²) < 4.78 is 0. The van der Waals surface area contributed by atoms with Gasteiger partial charge in [-0.3, -0.25) is 14.4 Å². The second-order valence-corrected chi connectivity index (χ2v) is 10.3. The van der Waals surface area contributed by atoms with Gasteiger partial charge in [-0.1, -0.05) is 68.3 Å². The number of carbonyl (C=O) groups is 3. The molecule has 6 nitrogen and oxygen atoms in total. The second kappa shape index (κ2) is 12.2. The maximum Gasteiger partial charge on any atom is 0.251 e. The van der Waals surface area contributed by atoms with Gasteiger partial charge in [-0.15, -0.1) is 0 Å². The van der Waals surface area contributed by atoms with Gasteiger partial charge in [0.2, 0.25) is 11.8 Å². The van der Waals surface area contributed by atoms with Crippen LogP contribution in [-0.4, -0.2) is 47.8 Å². The molecule has 1 unspecified atom stereocenters. The van der Waals surface area contributed by atoms with Crippen LogP contribution >= 0.6 is 0 Å². The molecule has 0 radical (unpaired) electrons. The van der Waals surface area contributed by atoms with Crippen LogP contribution in [0.5, 0.6) is 0 Å². The van der Waals surface area contributed by atoms with Crippen LogP contribution in [0.4, 0.5) is 0 Å². The summed E-state index contributed by atoms with van der Waals surface area (Å²) >= 11 is 0. The van der Waals surface area contributed by atoms with Crippen LogP contribution in [-0.2, 0) is 9.59 Å². The predicted octanol–water partition coefficient (Wildman–Crippen LogP) is 4.58. The van der Waals surface area contributed by atoms with Crippen molar-refractivity contribution in [2.45, 2.75) is 76.8 Å². The van der Waals surface area contributed by atoms with Crippen molar-refractivity contribution >= 4 is 17.7 Å². The molecule has 2 N–H and O–H groups in total. The van der Waals surface area contributed by atoms with Gasteiger partial charge in [-0.2, -0.15) is 0 Å². The van der Waals surface area contributed by atoms with E-state index in [9.17, 15) is 14.4 Å². The fraction of sp³-hybridized carbons (Fsp3) is 0.500. The highest BCUT2D eigenvalue weighted by Crippen LogP contribution is 2.26. The minimum atomic E-state index is -0.128. The quantitative estimate of drug-likeness (QED) is 0.597. The lowest BCUT2D eigenvalue weighted by Crippen LogP contribution is -2.55. The average Bonchev–Trinajstić information content (AvgIpc) is 2.91. The van der Waals surface area contributed by atoms with E-state index in [1.54, 1.807) is 0 Å². The number of likely N-dealkylation sites (tertiary alicyclic amines) is 1. The second-order valence-electron chi connectivity index (χ2n) is 10.3. The number of piperidine rings is 1. The van der Waals surface area contributed by atoms with Gasteiger partial charge in [0.05, 0.1) is 5.92 Å². The van der Waals surface area contributed by atoms with Crippen molar-refractivity contribution in [2.24, 2.45) is 5.92 Å². The number of nitrogens with zero attached hydrogens (tertiary/aromatic N) is 1. The number of nitrogens with one attached hydrogen (secondary N) is 2. The monoisotopic (exact) mass is 489 g/mol. The summed E-state index contributed by atoms with van der Waals surface area (Å²) in [6.07, 6.45) is 5.95. The number of rotatable bonds is 7. The molecular weight excluding hydrogens is 450 g/mol. The lowest BCUT2D eigenvalue weighted by molar-refractivity contribution is -0.137. The summed E-state index contributed by atoms with van der Waals surface area (Å²) in [7, 11) is 0. The summed E-state index contributed by atoms with van der Waals surface area (Å²) in [5.41, 5.74) is 2.69. The lowest BCUT2D eigenvalue weighted by Gasteiger charge is -2.36. The molecule has 1 heterocycles. The highest BCUT2D eigenvalue weighted by Gasteiger charge is 2.34. The normalized spacial score (nSPS) is 21.4. The van der Waals surface area contributed by atoms with Crippen molar-refractivity contribution in [3.05, 3.63) is 71.3 Å². The van der Waals surface area contributed by atoms with Crippen LogP contribution < -0.4 is 10.6 Å². The molecule has 2 fully saturated rings. The van der Waals surface area contributed by atoms with Gasteiger partial charge in [0.25, 0.3) is 5.91 Å². The van der Waals surface area contributed by atoms with E-state index in [1.165, 1.54) is 0 Å². The molecule has 0 spiro atoms. The Labute approximate surface area is 214 Å². The number of amides is 3. The van der Waals surface area contributed by atoms with E-state index in [2.05, 4.69) is 10.6 Å². The van der Waals surface area contributed by atoms with Gasteiger partial charge in [-0.25, -0.2) is 0 Å². The van der Waals surface area contributed by atoms with Crippen LogP contribution in [0.15, 0.2) is 54.6 Å². The van der Waals surface area contributed by atoms with Gasteiger partial charge < -0.3 is 15.5 Å². The molecule has 1 saturated heterocycles. The molecule has 36 heavy (non-hydrogen) atoms. The molecule has 2 aliphatic rings. The molecule has 0 bridgehead atoms. The molecule has 2 aromatic carbocycles. The number of benzene rings is 2. The van der Waals surface area contributed by atoms with Crippen LogP contribution in [0.3, 0.4) is 0 Å². The molecule has 0 aromatic heterocycles. The smallest absolute Gasteiger partial charge is 0.251 e. The van der Waals surface area contributed by atoms with Crippen LogP contribution in [0.1, 0.15) is 79.3 Å². The van der Waals surface area contributed by atoms with Crippen molar-refractivity contribution in [3.63, 3.8) is 0 Å². The first-order valence-corrected chi connectivity index (χ1v) is 13.5. The maximum absolute atomic E-state index is 13.2. The Hall–Kier alpha value is -3.15. The van der Waals surface area contributed by atoms with Crippen LogP contribution in [0.2, 0.25) is 0 Å². The lowest BCUT2D eigenvalue weighted by atomic mass is 9.88. The van der Waals surface area contributed by atoms with E-state index in [4.69, 9.17) is 0 Å². The molecule has 3 amide bonds. The minimum Gasteiger partial charge on any atom is -0.351 e. The molecular formula is C30H39N3O3. The highest BCUT2D eigenvalue weighted by molar-refractivity contribution is 5.95. The standard InChI is InChI=1S/C30H39N3O3/c1-3-24(22-12-5-4-6-13-22)30(36)33-19-17-23(18-20-33)28(34)31-26-15-9-10-16-27(26)32-29(35)25-14-8-7-11-21(25)2/h4-8,11-14,23-24,26-27H,3,9-10,15-20H2,1-2H3,(H,31,34)(H,32,35)/t24?,26-,27-/m1/s1. The van der Waals surface area contributed by atoms with Gasteiger partial charge in [0.1, 0.15) is 0 Å². The Balaban J connectivity index is 1.31. The van der Waals surface area contributed by atoms with Crippen molar-refractivity contribution in [2.75, 3.05) is 13.1 Å². The topological polar surface area (TPSA) is 78.5 Å². The summed E-state index contributed by atoms with van der Waals surface area (Å²) in [5, 5.41) is 6.44. The molecule has 4 rings (SSSR count). The third-order valence-electron chi connectivity index (χ3n) is 7.89. The fourth-order valence-electron chi connectivity index (χ4n) is 5.67. The Bertz CT molecular complexity index is 1050. The fourth-order valence-corrected chi connectivity index (χ4v) is 5.67. The van der Waals surface area contributed by atoms with E-state index in [0.29, 0.717) is 31.5 Å². The van der Waals surface area contributed by atoms with Crippen molar-refractivity contribution in [1.82, 2.24) is 15.5 Å². The number of aryl methyl sites for hydroxylation is 1. The molecule has 1 aliphatic heterocycles. The number of carbonyl (C=O) groups excluding carboxylic acids is 3. The minimum absolute atomic E-state index is 0.0542. The maximum atomic E-state index is 13.2. The summed E-state index contributed by atoms with van der Waals surface area (Å²) in [6.45, 7) is 5.21. The molecule has 1 saturated carbocycles. The van der Waals surface area contributed by atoms with Crippen molar-refractivity contribution < 1.29 is 14.4 Å². The van der Waals surface area contributed by atoms with E-state index >= 15 is 0 Å². The third kappa shape index (κ3) is 6.15. The Morgan fingerprint density at radius 1 is 0.861 bits per heavy atom. The van der Waals surface area contributed by atoms with Crippen molar-refractivity contribution in [1.29, 1.82) is 0 Å². The summed E-state index contributed by atoms with van der Waals surface area (Å²) in [5.74, 6) is -0.0834. The number of hydrogen-bond donors (Lipinski definition) is 2. The zero-order chi connectivity index (χ0) is 25.5.